The van der Waals surface area contributed by atoms with Gasteiger partial charge in [0, 0.05) is 10.4 Å². The number of hydrogen-bond donors (Lipinski definition) is 0. The van der Waals surface area contributed by atoms with Crippen LogP contribution in [0.3, 0.4) is 0 Å². The van der Waals surface area contributed by atoms with Gasteiger partial charge in [-0.2, -0.15) is 18.2 Å². The first kappa shape index (κ1) is 18.1. The lowest BCUT2D eigenvalue weighted by atomic mass is 10.2. The van der Waals surface area contributed by atoms with Gasteiger partial charge in [0.15, 0.2) is 5.69 Å². The zero-order chi connectivity index (χ0) is 18.9. The van der Waals surface area contributed by atoms with Crippen molar-refractivity contribution >= 4 is 22.5 Å². The number of hydrogen-bond acceptors (Lipinski definition) is 4. The van der Waals surface area contributed by atoms with Crippen LogP contribution in [0.4, 0.5) is 13.2 Å². The van der Waals surface area contributed by atoms with Gasteiger partial charge in [0.1, 0.15) is 12.4 Å². The maximum Gasteiger partial charge on any atom is 0.434 e. The van der Waals surface area contributed by atoms with E-state index in [4.69, 9.17) is 21.2 Å². The van der Waals surface area contributed by atoms with Crippen LogP contribution in [0, 0.1) is 0 Å². The van der Waals surface area contributed by atoms with Gasteiger partial charge in [-0.15, -0.1) is 4.73 Å². The molecule has 0 unspecified atom stereocenters. The molecular formula is C17H12ClF3N2O3. The summed E-state index contributed by atoms with van der Waals surface area (Å²) in [6, 6.07) is 10.6. The first-order chi connectivity index (χ1) is 12.3. The average molecular weight is 385 g/mol. The van der Waals surface area contributed by atoms with Crippen LogP contribution in [-0.4, -0.2) is 16.8 Å². The number of aromatic nitrogens is 2. The molecule has 0 aliphatic carbocycles. The SMILES string of the molecule is COc1ccc(COn2c(=O)nc(C(F)(F)F)c3cc(Cl)ccc32)cc1. The minimum absolute atomic E-state index is 0.0470. The van der Waals surface area contributed by atoms with E-state index in [0.29, 0.717) is 11.3 Å². The number of rotatable bonds is 4. The molecule has 1 heterocycles. The molecule has 0 spiro atoms. The molecule has 26 heavy (non-hydrogen) atoms. The van der Waals surface area contributed by atoms with Gasteiger partial charge >= 0.3 is 11.9 Å². The summed E-state index contributed by atoms with van der Waals surface area (Å²) in [7, 11) is 1.52. The fourth-order valence-electron chi connectivity index (χ4n) is 2.38. The van der Waals surface area contributed by atoms with E-state index in [1.807, 2.05) is 0 Å². The molecule has 0 fully saturated rings. The fraction of sp³-hybridized carbons (Fsp3) is 0.176. The van der Waals surface area contributed by atoms with Crippen LogP contribution in [0.2, 0.25) is 5.02 Å². The lowest BCUT2D eigenvalue weighted by molar-refractivity contribution is -0.140. The Morgan fingerprint density at radius 1 is 1.15 bits per heavy atom. The highest BCUT2D eigenvalue weighted by molar-refractivity contribution is 6.31. The quantitative estimate of drug-likeness (QED) is 0.688. The van der Waals surface area contributed by atoms with Gasteiger partial charge in [0.25, 0.3) is 0 Å². The van der Waals surface area contributed by atoms with Crippen LogP contribution in [0.25, 0.3) is 10.9 Å². The van der Waals surface area contributed by atoms with Gasteiger partial charge in [-0.25, -0.2) is 4.79 Å². The Kier molecular flexibility index (Phi) is 4.78. The zero-order valence-corrected chi connectivity index (χ0v) is 14.1. The Hall–Kier alpha value is -2.74. The molecule has 3 aromatic rings. The second-order valence-corrected chi connectivity index (χ2v) is 5.75. The van der Waals surface area contributed by atoms with Gasteiger partial charge in [-0.05, 0) is 35.9 Å². The molecule has 9 heteroatoms. The maximum absolute atomic E-state index is 13.2. The van der Waals surface area contributed by atoms with Crippen molar-refractivity contribution in [3.05, 3.63) is 69.2 Å². The lowest BCUT2D eigenvalue weighted by Crippen LogP contribution is -2.32. The van der Waals surface area contributed by atoms with Crippen molar-refractivity contribution in [2.45, 2.75) is 12.8 Å². The molecule has 3 rings (SSSR count). The lowest BCUT2D eigenvalue weighted by Gasteiger charge is -2.15. The van der Waals surface area contributed by atoms with Crippen LogP contribution in [-0.2, 0) is 12.8 Å². The normalized spacial score (nSPS) is 11.6. The van der Waals surface area contributed by atoms with Gasteiger partial charge in [0.05, 0.1) is 12.6 Å². The summed E-state index contributed by atoms with van der Waals surface area (Å²) in [6.45, 7) is -0.0470. The van der Waals surface area contributed by atoms with Gasteiger partial charge in [-0.3, -0.25) is 0 Å². The first-order valence-corrected chi connectivity index (χ1v) is 7.73. The highest BCUT2D eigenvalue weighted by atomic mass is 35.5. The molecule has 0 radical (unpaired) electrons. The third-order valence-electron chi connectivity index (χ3n) is 3.60. The highest BCUT2D eigenvalue weighted by Crippen LogP contribution is 2.33. The van der Waals surface area contributed by atoms with Crippen molar-refractivity contribution in [1.29, 1.82) is 0 Å². The van der Waals surface area contributed by atoms with Crippen LogP contribution in [0.15, 0.2) is 47.3 Å². The predicted octanol–water partition coefficient (Wildman–Crippen LogP) is 3.71. The standard InChI is InChI=1S/C17H12ClF3N2O3/c1-25-12-5-2-10(3-6-12)9-26-23-14-7-4-11(18)8-13(14)15(17(19,20)21)22-16(23)24/h2-8H,9H2,1H3. The van der Waals surface area contributed by atoms with E-state index in [1.165, 1.54) is 19.2 Å². The van der Waals surface area contributed by atoms with Crippen LogP contribution < -0.4 is 15.3 Å². The summed E-state index contributed by atoms with van der Waals surface area (Å²) in [5.41, 5.74) is -1.85. The third-order valence-corrected chi connectivity index (χ3v) is 3.84. The van der Waals surface area contributed by atoms with E-state index in [9.17, 15) is 18.0 Å². The largest absolute Gasteiger partial charge is 0.497 e. The van der Waals surface area contributed by atoms with Gasteiger partial charge in [0.2, 0.25) is 0 Å². The number of fused-ring (bicyclic) bond motifs is 1. The second kappa shape index (κ2) is 6.87. The Morgan fingerprint density at radius 2 is 1.85 bits per heavy atom. The van der Waals surface area contributed by atoms with Crippen molar-refractivity contribution in [3.63, 3.8) is 0 Å². The molecule has 1 aromatic heterocycles. The summed E-state index contributed by atoms with van der Waals surface area (Å²) in [5.74, 6) is 0.641. The molecule has 0 saturated carbocycles. The second-order valence-electron chi connectivity index (χ2n) is 5.32. The number of nitrogens with zero attached hydrogens (tertiary/aromatic N) is 2. The molecule has 136 valence electrons. The maximum atomic E-state index is 13.2. The monoisotopic (exact) mass is 384 g/mol. The Bertz CT molecular complexity index is 1000. The topological polar surface area (TPSA) is 53.4 Å². The molecule has 0 amide bonds. The molecule has 0 saturated heterocycles. The number of alkyl halides is 3. The Balaban J connectivity index is 2.03. The van der Waals surface area contributed by atoms with Gasteiger partial charge in [-0.1, -0.05) is 23.7 Å². The molecule has 0 atom stereocenters. The van der Waals surface area contributed by atoms with E-state index in [-0.39, 0.29) is 22.5 Å². The van der Waals surface area contributed by atoms with E-state index >= 15 is 0 Å². The van der Waals surface area contributed by atoms with Crippen LogP contribution in [0.5, 0.6) is 5.75 Å². The summed E-state index contributed by atoms with van der Waals surface area (Å²) >= 11 is 5.80. The van der Waals surface area contributed by atoms with Crippen LogP contribution >= 0.6 is 11.6 Å². The molecule has 0 aliphatic rings. The van der Waals surface area contributed by atoms with Crippen molar-refractivity contribution in [1.82, 2.24) is 9.71 Å². The summed E-state index contributed by atoms with van der Waals surface area (Å²) < 4.78 is 45.3. The number of methoxy groups -OCH3 is 1. The summed E-state index contributed by atoms with van der Waals surface area (Å²) in [6.07, 6.45) is -4.79. The Labute approximate surface area is 150 Å². The highest BCUT2D eigenvalue weighted by Gasteiger charge is 2.36. The average Bonchev–Trinajstić information content (AvgIpc) is 2.60. The number of benzene rings is 2. The fourth-order valence-corrected chi connectivity index (χ4v) is 2.55. The van der Waals surface area contributed by atoms with Crippen molar-refractivity contribution in [2.24, 2.45) is 0 Å². The van der Waals surface area contributed by atoms with E-state index in [1.54, 1.807) is 24.3 Å². The summed E-state index contributed by atoms with van der Waals surface area (Å²) in [4.78, 5) is 20.6. The van der Waals surface area contributed by atoms with Gasteiger partial charge < -0.3 is 9.57 Å². The van der Waals surface area contributed by atoms with Crippen molar-refractivity contribution in [2.75, 3.05) is 7.11 Å². The number of ether oxygens (including phenoxy) is 1. The number of halogens is 4. The molecule has 0 aliphatic heterocycles. The predicted molar refractivity (Wildman–Crippen MR) is 89.3 cm³/mol. The smallest absolute Gasteiger partial charge is 0.434 e. The first-order valence-electron chi connectivity index (χ1n) is 7.35. The molecular weight excluding hydrogens is 373 g/mol. The van der Waals surface area contributed by atoms with E-state index in [0.717, 1.165) is 10.8 Å². The van der Waals surface area contributed by atoms with Crippen LogP contribution in [0.1, 0.15) is 11.3 Å². The van der Waals surface area contributed by atoms with Crippen molar-refractivity contribution in [3.8, 4) is 5.75 Å². The summed E-state index contributed by atoms with van der Waals surface area (Å²) in [5, 5.41) is -0.232. The zero-order valence-electron chi connectivity index (χ0n) is 13.4. The van der Waals surface area contributed by atoms with E-state index in [2.05, 4.69) is 4.98 Å². The van der Waals surface area contributed by atoms with Crippen molar-refractivity contribution < 1.29 is 22.7 Å². The minimum Gasteiger partial charge on any atom is -0.497 e. The third kappa shape index (κ3) is 3.60. The van der Waals surface area contributed by atoms with E-state index < -0.39 is 17.6 Å². The Morgan fingerprint density at radius 3 is 2.46 bits per heavy atom. The molecule has 5 nitrogen and oxygen atoms in total. The molecule has 0 N–H and O–H groups in total. The minimum atomic E-state index is -4.79. The molecule has 0 bridgehead atoms. The molecule has 2 aromatic carbocycles.